The molecule has 1 saturated heterocycles. The molecule has 0 spiro atoms. The number of rotatable bonds is 5. The van der Waals surface area contributed by atoms with Crippen LogP contribution in [0.25, 0.3) is 0 Å². The molecule has 0 bridgehead atoms. The Morgan fingerprint density at radius 2 is 2.21 bits per heavy atom. The van der Waals surface area contributed by atoms with E-state index >= 15 is 0 Å². The summed E-state index contributed by atoms with van der Waals surface area (Å²) in [6, 6.07) is 0. The Morgan fingerprint density at radius 1 is 1.43 bits per heavy atom. The third kappa shape index (κ3) is 3.37. The minimum Gasteiger partial charge on any atom is -0.306 e. The zero-order chi connectivity index (χ0) is 10.4. The van der Waals surface area contributed by atoms with Crippen molar-refractivity contribution in [2.24, 2.45) is 0 Å². The van der Waals surface area contributed by atoms with Crippen molar-refractivity contribution in [3.63, 3.8) is 0 Å². The van der Waals surface area contributed by atoms with Crippen LogP contribution in [0.1, 0.15) is 6.42 Å². The lowest BCUT2D eigenvalue weighted by Crippen LogP contribution is -2.36. The predicted molar refractivity (Wildman–Crippen MR) is 59.2 cm³/mol. The molecule has 0 aromatic heterocycles. The molecule has 1 aliphatic rings. The Morgan fingerprint density at radius 3 is 2.86 bits per heavy atom. The molecule has 1 rings (SSSR count). The topological polar surface area (TPSA) is 41.6 Å². The maximum absolute atomic E-state index is 12.2. The van der Waals surface area contributed by atoms with Crippen molar-refractivity contribution in [2.75, 3.05) is 38.0 Å². The van der Waals surface area contributed by atoms with Crippen molar-refractivity contribution in [3.8, 4) is 0 Å². The molecule has 1 N–H and O–H groups in total. The number of nitrogens with one attached hydrogen (secondary N) is 1. The van der Waals surface area contributed by atoms with Crippen LogP contribution in [-0.4, -0.2) is 42.7 Å². The average Bonchev–Trinajstić information content (AvgIpc) is 2.19. The number of nitrogens with zero attached hydrogens (tertiary/aromatic N) is 1. The van der Waals surface area contributed by atoms with Crippen LogP contribution in [0.4, 0.5) is 0 Å². The number of hydrogen-bond donors (Lipinski definition) is 1. The van der Waals surface area contributed by atoms with Crippen molar-refractivity contribution in [2.45, 2.75) is 6.42 Å². The van der Waals surface area contributed by atoms with Crippen LogP contribution in [0.2, 0.25) is 0 Å². The second kappa shape index (κ2) is 6.31. The normalized spacial score (nSPS) is 29.3. The third-order valence-corrected chi connectivity index (χ3v) is 4.61. The molecular formula is C7H15Cl2N2O2P. The molecule has 1 heterocycles. The smallest absolute Gasteiger partial charge is 0.306 e. The molecule has 1 aliphatic heterocycles. The predicted octanol–water partition coefficient (Wildman–Crippen LogP) is 1.88. The molecule has 0 aromatic carbocycles. The molecule has 0 radical (unpaired) electrons. The summed E-state index contributed by atoms with van der Waals surface area (Å²) in [6.45, 7) is 2.36. The van der Waals surface area contributed by atoms with Crippen LogP contribution in [0.5, 0.6) is 0 Å². The fourth-order valence-electron chi connectivity index (χ4n) is 1.32. The van der Waals surface area contributed by atoms with Gasteiger partial charge in [0.05, 0.1) is 6.61 Å². The van der Waals surface area contributed by atoms with Crippen LogP contribution in [-0.2, 0) is 9.09 Å². The quantitative estimate of drug-likeness (QED) is 0.606. The molecule has 0 saturated carbocycles. The minimum atomic E-state index is -2.84. The van der Waals surface area contributed by atoms with Crippen LogP contribution < -0.4 is 5.09 Å². The summed E-state index contributed by atoms with van der Waals surface area (Å²) in [5.41, 5.74) is 0. The van der Waals surface area contributed by atoms with Gasteiger partial charge in [0.25, 0.3) is 0 Å². The van der Waals surface area contributed by atoms with E-state index in [1.165, 1.54) is 0 Å². The summed E-state index contributed by atoms with van der Waals surface area (Å²) < 4.78 is 19.2. The lowest BCUT2D eigenvalue weighted by Gasteiger charge is -2.34. The molecule has 1 atom stereocenters. The van der Waals surface area contributed by atoms with E-state index in [2.05, 4.69) is 5.09 Å². The molecule has 14 heavy (non-hydrogen) atoms. The summed E-state index contributed by atoms with van der Waals surface area (Å²) >= 11 is 11.1. The van der Waals surface area contributed by atoms with Crippen LogP contribution >= 0.6 is 30.9 Å². The molecule has 84 valence electrons. The van der Waals surface area contributed by atoms with E-state index in [1.54, 1.807) is 4.67 Å². The summed E-state index contributed by atoms with van der Waals surface area (Å²) in [5, 5.41) is 2.85. The largest absolute Gasteiger partial charge is 0.343 e. The van der Waals surface area contributed by atoms with E-state index in [0.29, 0.717) is 31.5 Å². The number of halogens is 2. The highest BCUT2D eigenvalue weighted by atomic mass is 35.5. The summed E-state index contributed by atoms with van der Waals surface area (Å²) in [6.07, 6.45) is 0.892. The first-order valence-electron chi connectivity index (χ1n) is 4.60. The second-order valence-electron chi connectivity index (χ2n) is 2.95. The van der Waals surface area contributed by atoms with Gasteiger partial charge >= 0.3 is 7.67 Å². The van der Waals surface area contributed by atoms with Crippen LogP contribution in [0.3, 0.4) is 0 Å². The van der Waals surface area contributed by atoms with Gasteiger partial charge in [0, 0.05) is 31.4 Å². The van der Waals surface area contributed by atoms with Gasteiger partial charge in [-0.3, -0.25) is 4.57 Å². The van der Waals surface area contributed by atoms with Gasteiger partial charge in [-0.2, -0.15) is 0 Å². The van der Waals surface area contributed by atoms with Gasteiger partial charge in [-0.1, -0.05) is 0 Å². The Hall–Kier alpha value is 0.690. The van der Waals surface area contributed by atoms with Gasteiger partial charge in [-0.25, -0.2) is 9.76 Å². The van der Waals surface area contributed by atoms with Crippen molar-refractivity contribution in [3.05, 3.63) is 0 Å². The minimum absolute atomic E-state index is 0.419. The van der Waals surface area contributed by atoms with Crippen molar-refractivity contribution in [1.29, 1.82) is 0 Å². The summed E-state index contributed by atoms with van der Waals surface area (Å²) in [5.74, 6) is 0.873. The molecule has 0 aliphatic carbocycles. The second-order valence-corrected chi connectivity index (χ2v) is 5.88. The molecule has 0 amide bonds. The molecular weight excluding hydrogens is 246 g/mol. The Kier molecular flexibility index (Phi) is 5.75. The Balaban J connectivity index is 2.55. The first kappa shape index (κ1) is 12.8. The maximum atomic E-state index is 12.2. The van der Waals surface area contributed by atoms with Gasteiger partial charge in [0.1, 0.15) is 0 Å². The molecule has 0 aromatic rings. The zero-order valence-corrected chi connectivity index (χ0v) is 10.3. The van der Waals surface area contributed by atoms with E-state index in [4.69, 9.17) is 27.7 Å². The zero-order valence-electron chi connectivity index (χ0n) is 7.92. The third-order valence-electron chi connectivity index (χ3n) is 1.95. The van der Waals surface area contributed by atoms with Gasteiger partial charge in [0.2, 0.25) is 0 Å². The van der Waals surface area contributed by atoms with Crippen molar-refractivity contribution < 1.29 is 9.09 Å². The first-order chi connectivity index (χ1) is 6.73. The van der Waals surface area contributed by atoms with Gasteiger partial charge in [-0.05, 0) is 6.42 Å². The van der Waals surface area contributed by atoms with Crippen molar-refractivity contribution in [1.82, 2.24) is 9.76 Å². The van der Waals surface area contributed by atoms with Gasteiger partial charge in [-0.15, -0.1) is 23.2 Å². The monoisotopic (exact) mass is 260 g/mol. The van der Waals surface area contributed by atoms with E-state index in [0.717, 1.165) is 13.0 Å². The fourth-order valence-corrected chi connectivity index (χ4v) is 3.86. The maximum Gasteiger partial charge on any atom is 0.343 e. The van der Waals surface area contributed by atoms with E-state index in [-0.39, 0.29) is 0 Å². The highest BCUT2D eigenvalue weighted by molar-refractivity contribution is 7.54. The Bertz CT molecular complexity index is 216. The molecule has 1 fully saturated rings. The number of alkyl halides is 2. The number of hydrogen-bond acceptors (Lipinski definition) is 2. The van der Waals surface area contributed by atoms with Gasteiger partial charge in [0.15, 0.2) is 0 Å². The summed E-state index contributed by atoms with van der Waals surface area (Å²) in [4.78, 5) is 0. The summed E-state index contributed by atoms with van der Waals surface area (Å²) in [7, 11) is -2.84. The van der Waals surface area contributed by atoms with E-state index in [1.807, 2.05) is 0 Å². The van der Waals surface area contributed by atoms with Crippen LogP contribution in [0, 0.1) is 0 Å². The standard InChI is InChI=1S/C7H15Cl2N2O2P/c8-2-4-10-14(12)11(6-3-9)5-1-7-13-14/h1-7H2,(H,10,12)/t14-/m0/s1. The molecule has 4 nitrogen and oxygen atoms in total. The first-order valence-corrected chi connectivity index (χ1v) is 7.24. The highest BCUT2D eigenvalue weighted by Gasteiger charge is 2.33. The van der Waals surface area contributed by atoms with Crippen LogP contribution in [0.15, 0.2) is 0 Å². The fraction of sp³-hybridized carbons (Fsp3) is 1.00. The van der Waals surface area contributed by atoms with E-state index < -0.39 is 7.67 Å². The highest BCUT2D eigenvalue weighted by Crippen LogP contribution is 2.48. The average molecular weight is 261 g/mol. The Labute approximate surface area is 94.4 Å². The van der Waals surface area contributed by atoms with Gasteiger partial charge < -0.3 is 4.52 Å². The van der Waals surface area contributed by atoms with Crippen molar-refractivity contribution >= 4 is 30.9 Å². The molecule has 7 heteroatoms. The molecule has 0 unspecified atom stereocenters. The lowest BCUT2D eigenvalue weighted by atomic mass is 10.4. The lowest BCUT2D eigenvalue weighted by molar-refractivity contribution is 0.203. The van der Waals surface area contributed by atoms with E-state index in [9.17, 15) is 4.57 Å². The SMILES string of the molecule is O=[P@@]1(NCCCl)OCCCN1CCCl.